The second kappa shape index (κ2) is 8.45. The van der Waals surface area contributed by atoms with E-state index in [1.807, 2.05) is 24.3 Å². The molecule has 4 heteroatoms. The van der Waals surface area contributed by atoms with Crippen LogP contribution in [0.5, 0.6) is 5.75 Å². The Bertz CT molecular complexity index is 464. The van der Waals surface area contributed by atoms with Crippen LogP contribution in [0, 0.1) is 5.92 Å². The Morgan fingerprint density at radius 3 is 2.71 bits per heavy atom. The lowest BCUT2D eigenvalue weighted by Gasteiger charge is -2.05. The second-order valence-electron chi connectivity index (χ2n) is 5.49. The Balaban J connectivity index is 1.68. The van der Waals surface area contributed by atoms with Crippen LogP contribution in [0.3, 0.4) is 0 Å². The fourth-order valence-corrected chi connectivity index (χ4v) is 1.98. The molecule has 0 unspecified atom stereocenters. The summed E-state index contributed by atoms with van der Waals surface area (Å²) in [7, 11) is 0. The summed E-state index contributed by atoms with van der Waals surface area (Å²) in [5, 5.41) is 3.96. The molecule has 1 aromatic carbocycles. The van der Waals surface area contributed by atoms with Gasteiger partial charge in [-0.3, -0.25) is 4.79 Å². The van der Waals surface area contributed by atoms with Crippen molar-refractivity contribution >= 4 is 12.1 Å². The highest BCUT2D eigenvalue weighted by Gasteiger charge is 2.29. The van der Waals surface area contributed by atoms with E-state index in [4.69, 9.17) is 4.74 Å². The molecular formula is C17H24N2O2. The van der Waals surface area contributed by atoms with Crippen LogP contribution >= 0.6 is 0 Å². The van der Waals surface area contributed by atoms with E-state index in [1.54, 1.807) is 6.21 Å². The molecule has 0 aliphatic heterocycles. The Labute approximate surface area is 126 Å². The molecule has 0 bridgehead atoms. The number of carbonyl (C=O) groups excluding carboxylic acids is 1. The standard InChI is InChI=1S/C17H24N2O2/c1-2-3-4-5-12-21-16-10-6-14(7-11-16)13-18-19-17(20)15-8-9-15/h6-7,10-11,13,15H,2-5,8-9,12H2,1H3,(H,19,20)/b18-13-. The highest BCUT2D eigenvalue weighted by molar-refractivity contribution is 5.84. The zero-order valence-electron chi connectivity index (χ0n) is 12.7. The minimum absolute atomic E-state index is 0.0262. The van der Waals surface area contributed by atoms with E-state index in [0.717, 1.165) is 37.2 Å². The number of hydrogen-bond acceptors (Lipinski definition) is 3. The van der Waals surface area contributed by atoms with Gasteiger partial charge >= 0.3 is 0 Å². The predicted octanol–water partition coefficient (Wildman–Crippen LogP) is 3.51. The van der Waals surface area contributed by atoms with Crippen LogP contribution in [0.1, 0.15) is 51.0 Å². The predicted molar refractivity (Wildman–Crippen MR) is 84.5 cm³/mol. The van der Waals surface area contributed by atoms with Gasteiger partial charge in [0.1, 0.15) is 5.75 Å². The molecule has 0 aromatic heterocycles. The number of ether oxygens (including phenoxy) is 1. The van der Waals surface area contributed by atoms with Crippen molar-refractivity contribution in [3.05, 3.63) is 29.8 Å². The van der Waals surface area contributed by atoms with Crippen LogP contribution in [0.4, 0.5) is 0 Å². The normalized spacial score (nSPS) is 14.3. The highest BCUT2D eigenvalue weighted by Crippen LogP contribution is 2.28. The lowest BCUT2D eigenvalue weighted by Crippen LogP contribution is -2.18. The first-order valence-electron chi connectivity index (χ1n) is 7.85. The van der Waals surface area contributed by atoms with Gasteiger partial charge in [-0.25, -0.2) is 5.43 Å². The highest BCUT2D eigenvalue weighted by atomic mass is 16.5. The van der Waals surface area contributed by atoms with E-state index >= 15 is 0 Å². The van der Waals surface area contributed by atoms with Gasteiger partial charge in [0.2, 0.25) is 5.91 Å². The van der Waals surface area contributed by atoms with Crippen LogP contribution < -0.4 is 10.2 Å². The Hall–Kier alpha value is -1.84. The number of unbranched alkanes of at least 4 members (excludes halogenated alkanes) is 3. The average Bonchev–Trinajstić information content (AvgIpc) is 3.33. The molecule has 4 nitrogen and oxygen atoms in total. The minimum atomic E-state index is 0.0262. The van der Waals surface area contributed by atoms with Crippen LogP contribution in [0.2, 0.25) is 0 Å². The van der Waals surface area contributed by atoms with Crippen LogP contribution in [0.15, 0.2) is 29.4 Å². The van der Waals surface area contributed by atoms with Gasteiger partial charge in [-0.05, 0) is 49.1 Å². The average molecular weight is 288 g/mol. The Morgan fingerprint density at radius 2 is 2.05 bits per heavy atom. The van der Waals surface area contributed by atoms with Gasteiger partial charge in [0, 0.05) is 5.92 Å². The van der Waals surface area contributed by atoms with E-state index in [9.17, 15) is 4.79 Å². The first-order chi connectivity index (χ1) is 10.3. The number of carbonyl (C=O) groups is 1. The van der Waals surface area contributed by atoms with E-state index in [-0.39, 0.29) is 11.8 Å². The molecule has 2 rings (SSSR count). The Kier molecular flexibility index (Phi) is 6.25. The van der Waals surface area contributed by atoms with Gasteiger partial charge in [0.25, 0.3) is 0 Å². The minimum Gasteiger partial charge on any atom is -0.494 e. The smallest absolute Gasteiger partial charge is 0.243 e. The summed E-state index contributed by atoms with van der Waals surface area (Å²) in [4.78, 5) is 11.4. The molecule has 1 fully saturated rings. The molecule has 1 aliphatic rings. The number of hydrazone groups is 1. The van der Waals surface area contributed by atoms with Crippen molar-refractivity contribution in [3.8, 4) is 5.75 Å². The van der Waals surface area contributed by atoms with Crippen molar-refractivity contribution < 1.29 is 9.53 Å². The van der Waals surface area contributed by atoms with Crippen LogP contribution in [-0.2, 0) is 4.79 Å². The number of rotatable bonds is 9. The Morgan fingerprint density at radius 1 is 1.29 bits per heavy atom. The van der Waals surface area contributed by atoms with Gasteiger partial charge in [0.15, 0.2) is 0 Å². The summed E-state index contributed by atoms with van der Waals surface area (Å²) in [5.41, 5.74) is 3.51. The molecule has 114 valence electrons. The maximum Gasteiger partial charge on any atom is 0.243 e. The zero-order chi connectivity index (χ0) is 14.9. The van der Waals surface area contributed by atoms with Gasteiger partial charge in [0.05, 0.1) is 12.8 Å². The summed E-state index contributed by atoms with van der Waals surface area (Å²) < 4.78 is 5.68. The number of benzene rings is 1. The molecule has 1 aromatic rings. The summed E-state index contributed by atoms with van der Waals surface area (Å²) in [6, 6.07) is 7.75. The van der Waals surface area contributed by atoms with Crippen molar-refractivity contribution in [2.45, 2.75) is 45.4 Å². The van der Waals surface area contributed by atoms with E-state index < -0.39 is 0 Å². The molecule has 0 spiro atoms. The van der Waals surface area contributed by atoms with Gasteiger partial charge in [-0.2, -0.15) is 5.10 Å². The lowest BCUT2D eigenvalue weighted by atomic mass is 10.2. The third kappa shape index (κ3) is 5.98. The quantitative estimate of drug-likeness (QED) is 0.429. The molecular weight excluding hydrogens is 264 g/mol. The fourth-order valence-electron chi connectivity index (χ4n) is 1.98. The molecule has 1 N–H and O–H groups in total. The fraction of sp³-hybridized carbons (Fsp3) is 0.529. The van der Waals surface area contributed by atoms with Gasteiger partial charge in [-0.1, -0.05) is 26.2 Å². The topological polar surface area (TPSA) is 50.7 Å². The maximum absolute atomic E-state index is 11.4. The van der Waals surface area contributed by atoms with Crippen LogP contribution in [0.25, 0.3) is 0 Å². The first kappa shape index (κ1) is 15.5. The summed E-state index contributed by atoms with van der Waals surface area (Å²) in [6.45, 7) is 2.97. The van der Waals surface area contributed by atoms with Gasteiger partial charge < -0.3 is 4.74 Å². The third-order valence-electron chi connectivity index (χ3n) is 3.48. The molecule has 0 atom stereocenters. The maximum atomic E-state index is 11.4. The zero-order valence-corrected chi connectivity index (χ0v) is 12.7. The van der Waals surface area contributed by atoms with E-state index in [2.05, 4.69) is 17.5 Å². The molecule has 1 amide bonds. The summed E-state index contributed by atoms with van der Waals surface area (Å²) in [6.07, 6.45) is 8.48. The molecule has 1 saturated carbocycles. The SMILES string of the molecule is CCCCCCOc1ccc(/C=N\NC(=O)C2CC2)cc1. The van der Waals surface area contributed by atoms with Crippen molar-refractivity contribution in [2.75, 3.05) is 6.61 Å². The van der Waals surface area contributed by atoms with Crippen molar-refractivity contribution in [3.63, 3.8) is 0 Å². The molecule has 1 aliphatic carbocycles. The van der Waals surface area contributed by atoms with Crippen molar-refractivity contribution in [2.24, 2.45) is 11.0 Å². The summed E-state index contributed by atoms with van der Waals surface area (Å²) >= 11 is 0. The monoisotopic (exact) mass is 288 g/mol. The first-order valence-corrected chi connectivity index (χ1v) is 7.85. The van der Waals surface area contributed by atoms with Crippen LogP contribution in [-0.4, -0.2) is 18.7 Å². The van der Waals surface area contributed by atoms with E-state index in [0.29, 0.717) is 0 Å². The molecule has 0 radical (unpaired) electrons. The molecule has 0 heterocycles. The number of amides is 1. The second-order valence-corrected chi connectivity index (χ2v) is 5.49. The van der Waals surface area contributed by atoms with Crippen molar-refractivity contribution in [1.82, 2.24) is 5.43 Å². The van der Waals surface area contributed by atoms with Gasteiger partial charge in [-0.15, -0.1) is 0 Å². The number of nitrogens with zero attached hydrogens (tertiary/aromatic N) is 1. The number of nitrogens with one attached hydrogen (secondary N) is 1. The largest absolute Gasteiger partial charge is 0.494 e. The molecule has 0 saturated heterocycles. The van der Waals surface area contributed by atoms with E-state index in [1.165, 1.54) is 19.3 Å². The third-order valence-corrected chi connectivity index (χ3v) is 3.48. The lowest BCUT2D eigenvalue weighted by molar-refractivity contribution is -0.122. The number of hydrogen-bond donors (Lipinski definition) is 1. The summed E-state index contributed by atoms with van der Waals surface area (Å²) in [5.74, 6) is 1.09. The van der Waals surface area contributed by atoms with Crippen molar-refractivity contribution in [1.29, 1.82) is 0 Å². The molecule has 21 heavy (non-hydrogen) atoms.